The maximum absolute atomic E-state index is 12.2. The molecule has 1 amide bonds. The van der Waals surface area contributed by atoms with Crippen LogP contribution in [0.4, 0.5) is 5.69 Å². The number of aromatic hydroxyl groups is 1. The summed E-state index contributed by atoms with van der Waals surface area (Å²) in [6.45, 7) is 1.94. The summed E-state index contributed by atoms with van der Waals surface area (Å²) in [5.74, 6) is -0.0538. The van der Waals surface area contributed by atoms with Crippen molar-refractivity contribution < 1.29 is 15.0 Å². The second kappa shape index (κ2) is 6.90. The number of hydrogen-bond acceptors (Lipinski definition) is 3. The van der Waals surface area contributed by atoms with Crippen LogP contribution in [0.15, 0.2) is 42.5 Å². The van der Waals surface area contributed by atoms with Gasteiger partial charge in [0.25, 0.3) is 5.91 Å². The van der Waals surface area contributed by atoms with Crippen LogP contribution in [0, 0.1) is 6.92 Å². The van der Waals surface area contributed by atoms with E-state index in [1.807, 2.05) is 24.3 Å². The van der Waals surface area contributed by atoms with Crippen LogP contribution in [0.25, 0.3) is 0 Å². The Hall–Kier alpha value is -2.33. The van der Waals surface area contributed by atoms with Gasteiger partial charge < -0.3 is 15.5 Å². The van der Waals surface area contributed by atoms with E-state index < -0.39 is 0 Å². The Bertz CT molecular complexity index is 638. The average Bonchev–Trinajstić information content (AvgIpc) is 2.45. The summed E-state index contributed by atoms with van der Waals surface area (Å²) >= 11 is 0. The first kappa shape index (κ1) is 15.1. The summed E-state index contributed by atoms with van der Waals surface area (Å²) in [6, 6.07) is 12.3. The van der Waals surface area contributed by atoms with Crippen molar-refractivity contribution in [3.05, 3.63) is 59.2 Å². The van der Waals surface area contributed by atoms with Gasteiger partial charge >= 0.3 is 0 Å². The molecule has 0 aliphatic heterocycles. The lowest BCUT2D eigenvalue weighted by Crippen LogP contribution is -2.13. The van der Waals surface area contributed by atoms with Crippen molar-refractivity contribution in [1.29, 1.82) is 0 Å². The molecule has 0 radical (unpaired) electrons. The van der Waals surface area contributed by atoms with E-state index in [1.54, 1.807) is 19.1 Å². The maximum atomic E-state index is 12.2. The van der Waals surface area contributed by atoms with Crippen LogP contribution < -0.4 is 5.32 Å². The standard InChI is InChI=1S/C17H19NO3/c1-12-10-15(20)7-8-16(12)17(21)18-14-6-2-4-13(11-14)5-3-9-19/h2,4,6-8,10-11,19-20H,3,5,9H2,1H3,(H,18,21). The quantitative estimate of drug-likeness (QED) is 0.791. The van der Waals surface area contributed by atoms with Gasteiger partial charge in [-0.15, -0.1) is 0 Å². The van der Waals surface area contributed by atoms with E-state index in [0.717, 1.165) is 23.2 Å². The molecule has 0 aliphatic carbocycles. The van der Waals surface area contributed by atoms with E-state index in [0.29, 0.717) is 12.0 Å². The summed E-state index contributed by atoms with van der Waals surface area (Å²) in [6.07, 6.45) is 1.48. The molecular formula is C17H19NO3. The topological polar surface area (TPSA) is 69.6 Å². The molecule has 0 heterocycles. The van der Waals surface area contributed by atoms with E-state index in [-0.39, 0.29) is 18.3 Å². The smallest absolute Gasteiger partial charge is 0.255 e. The first-order valence-electron chi connectivity index (χ1n) is 6.91. The summed E-state index contributed by atoms with van der Waals surface area (Å²) in [4.78, 5) is 12.2. The molecule has 4 nitrogen and oxygen atoms in total. The lowest BCUT2D eigenvalue weighted by atomic mass is 10.1. The highest BCUT2D eigenvalue weighted by molar-refractivity contribution is 6.05. The number of hydrogen-bond donors (Lipinski definition) is 3. The first-order valence-corrected chi connectivity index (χ1v) is 6.91. The summed E-state index contributed by atoms with van der Waals surface area (Å²) in [7, 11) is 0. The number of benzene rings is 2. The molecule has 0 aliphatic rings. The molecule has 0 fully saturated rings. The minimum absolute atomic E-state index is 0.148. The SMILES string of the molecule is Cc1cc(O)ccc1C(=O)Nc1cccc(CCCO)c1. The zero-order valence-electron chi connectivity index (χ0n) is 12.0. The van der Waals surface area contributed by atoms with E-state index in [1.165, 1.54) is 6.07 Å². The van der Waals surface area contributed by atoms with Crippen molar-refractivity contribution in [3.8, 4) is 5.75 Å². The predicted octanol–water partition coefficient (Wildman–Crippen LogP) is 2.88. The van der Waals surface area contributed by atoms with Gasteiger partial charge in [-0.2, -0.15) is 0 Å². The molecule has 0 aromatic heterocycles. The zero-order valence-corrected chi connectivity index (χ0v) is 12.0. The number of carbonyl (C=O) groups is 1. The molecule has 21 heavy (non-hydrogen) atoms. The van der Waals surface area contributed by atoms with Gasteiger partial charge in [-0.25, -0.2) is 0 Å². The molecule has 110 valence electrons. The number of carbonyl (C=O) groups excluding carboxylic acids is 1. The molecule has 2 rings (SSSR count). The number of phenolic OH excluding ortho intramolecular Hbond substituents is 1. The third kappa shape index (κ3) is 4.07. The number of phenols is 1. The normalized spacial score (nSPS) is 10.4. The fourth-order valence-corrected chi connectivity index (χ4v) is 2.19. The van der Waals surface area contributed by atoms with E-state index >= 15 is 0 Å². The maximum Gasteiger partial charge on any atom is 0.255 e. The minimum atomic E-state index is -0.202. The lowest BCUT2D eigenvalue weighted by molar-refractivity contribution is 0.102. The Morgan fingerprint density at radius 2 is 2.00 bits per heavy atom. The van der Waals surface area contributed by atoms with Gasteiger partial charge in [0, 0.05) is 17.9 Å². The Kier molecular flexibility index (Phi) is 4.95. The lowest BCUT2D eigenvalue weighted by Gasteiger charge is -2.09. The van der Waals surface area contributed by atoms with Gasteiger partial charge in [-0.05, 0) is 61.2 Å². The van der Waals surface area contributed by atoms with Crippen molar-refractivity contribution in [2.24, 2.45) is 0 Å². The van der Waals surface area contributed by atoms with Crippen molar-refractivity contribution in [2.75, 3.05) is 11.9 Å². The summed E-state index contributed by atoms with van der Waals surface area (Å²) in [5, 5.41) is 21.1. The Morgan fingerprint density at radius 1 is 1.19 bits per heavy atom. The Balaban J connectivity index is 2.12. The fourth-order valence-electron chi connectivity index (χ4n) is 2.19. The highest BCUT2D eigenvalue weighted by Gasteiger charge is 2.10. The highest BCUT2D eigenvalue weighted by atomic mass is 16.3. The molecule has 4 heteroatoms. The summed E-state index contributed by atoms with van der Waals surface area (Å²) in [5.41, 5.74) is 3.06. The molecule has 3 N–H and O–H groups in total. The van der Waals surface area contributed by atoms with Crippen molar-refractivity contribution >= 4 is 11.6 Å². The van der Waals surface area contributed by atoms with Crippen LogP contribution in [0.5, 0.6) is 5.75 Å². The Morgan fingerprint density at radius 3 is 2.71 bits per heavy atom. The number of amides is 1. The number of aliphatic hydroxyl groups is 1. The largest absolute Gasteiger partial charge is 0.508 e. The molecule has 0 unspecified atom stereocenters. The third-order valence-corrected chi connectivity index (χ3v) is 3.26. The van der Waals surface area contributed by atoms with Crippen molar-refractivity contribution in [2.45, 2.75) is 19.8 Å². The van der Waals surface area contributed by atoms with Crippen molar-refractivity contribution in [1.82, 2.24) is 0 Å². The third-order valence-electron chi connectivity index (χ3n) is 3.26. The van der Waals surface area contributed by atoms with E-state index in [2.05, 4.69) is 5.32 Å². The van der Waals surface area contributed by atoms with Gasteiger partial charge in [0.1, 0.15) is 5.75 Å². The molecule has 2 aromatic rings. The zero-order chi connectivity index (χ0) is 15.2. The van der Waals surface area contributed by atoms with Crippen LogP contribution in [-0.2, 0) is 6.42 Å². The van der Waals surface area contributed by atoms with Gasteiger partial charge in [-0.1, -0.05) is 12.1 Å². The minimum Gasteiger partial charge on any atom is -0.508 e. The van der Waals surface area contributed by atoms with E-state index in [9.17, 15) is 9.90 Å². The van der Waals surface area contributed by atoms with E-state index in [4.69, 9.17) is 5.11 Å². The van der Waals surface area contributed by atoms with Gasteiger partial charge in [0.15, 0.2) is 0 Å². The van der Waals surface area contributed by atoms with Crippen LogP contribution >= 0.6 is 0 Å². The number of anilines is 1. The molecule has 0 spiro atoms. The molecule has 2 aromatic carbocycles. The monoisotopic (exact) mass is 285 g/mol. The predicted molar refractivity (Wildman–Crippen MR) is 82.6 cm³/mol. The number of aliphatic hydroxyl groups excluding tert-OH is 1. The number of nitrogens with one attached hydrogen (secondary N) is 1. The molecule has 0 saturated carbocycles. The fraction of sp³-hybridized carbons (Fsp3) is 0.235. The average molecular weight is 285 g/mol. The number of aryl methyl sites for hydroxylation is 2. The van der Waals surface area contributed by atoms with Crippen LogP contribution in [-0.4, -0.2) is 22.7 Å². The van der Waals surface area contributed by atoms with Crippen molar-refractivity contribution in [3.63, 3.8) is 0 Å². The molecular weight excluding hydrogens is 266 g/mol. The van der Waals surface area contributed by atoms with Gasteiger partial charge in [0.2, 0.25) is 0 Å². The van der Waals surface area contributed by atoms with Crippen LogP contribution in [0.1, 0.15) is 27.9 Å². The summed E-state index contributed by atoms with van der Waals surface area (Å²) < 4.78 is 0. The Labute approximate surface area is 124 Å². The van der Waals surface area contributed by atoms with Crippen LogP contribution in [0.2, 0.25) is 0 Å². The molecule has 0 bridgehead atoms. The van der Waals surface area contributed by atoms with Gasteiger partial charge in [0.05, 0.1) is 0 Å². The molecule has 0 atom stereocenters. The first-order chi connectivity index (χ1) is 10.1. The number of rotatable bonds is 5. The second-order valence-electron chi connectivity index (χ2n) is 4.98. The molecule has 0 saturated heterocycles. The second-order valence-corrected chi connectivity index (χ2v) is 4.98. The highest BCUT2D eigenvalue weighted by Crippen LogP contribution is 2.18. The van der Waals surface area contributed by atoms with Gasteiger partial charge in [-0.3, -0.25) is 4.79 Å². The van der Waals surface area contributed by atoms with Crippen LogP contribution in [0.3, 0.4) is 0 Å².